The second kappa shape index (κ2) is 8.93. The number of anilines is 2. The molecule has 2 aromatic carbocycles. The third kappa shape index (κ3) is 5.03. The number of fused-ring (bicyclic) bond motifs is 1. The predicted molar refractivity (Wildman–Crippen MR) is 114 cm³/mol. The van der Waals surface area contributed by atoms with Gasteiger partial charge in [-0.25, -0.2) is 8.42 Å². The minimum atomic E-state index is -5.14. The number of nitrogens with one attached hydrogen (secondary N) is 2. The van der Waals surface area contributed by atoms with Gasteiger partial charge >= 0.3 is 25.2 Å². The first-order chi connectivity index (χ1) is 15.9. The molecule has 180 valence electrons. The number of ether oxygens (including phenoxy) is 1. The van der Waals surface area contributed by atoms with E-state index >= 15 is 0 Å². The quantitative estimate of drug-likeness (QED) is 0.405. The first-order valence-corrected chi connectivity index (χ1v) is 11.6. The van der Waals surface area contributed by atoms with E-state index in [4.69, 9.17) is 9.39 Å². The summed E-state index contributed by atoms with van der Waals surface area (Å²) in [6, 6.07) is 7.64. The molecule has 9 nitrogen and oxygen atoms in total. The second-order valence-corrected chi connectivity index (χ2v) is 9.46. The zero-order valence-electron chi connectivity index (χ0n) is 17.4. The van der Waals surface area contributed by atoms with Gasteiger partial charge in [0, 0.05) is 11.4 Å². The van der Waals surface area contributed by atoms with Gasteiger partial charge in [0.1, 0.15) is 0 Å². The summed E-state index contributed by atoms with van der Waals surface area (Å²) in [4.78, 5) is 23.0. The van der Waals surface area contributed by atoms with Crippen LogP contribution in [0.25, 0.3) is 0 Å². The second-order valence-electron chi connectivity index (χ2n) is 7.81. The minimum absolute atomic E-state index is 0.0286. The summed E-state index contributed by atoms with van der Waals surface area (Å²) in [6.07, 6.45) is -4.95. The Bertz CT molecular complexity index is 1250. The van der Waals surface area contributed by atoms with Crippen molar-refractivity contribution in [1.29, 1.82) is 0 Å². The van der Waals surface area contributed by atoms with Gasteiger partial charge in [-0.3, -0.25) is 14.3 Å². The predicted octanol–water partition coefficient (Wildman–Crippen LogP) is 1.31. The summed E-state index contributed by atoms with van der Waals surface area (Å²) in [5, 5.41) is 11.5. The number of rotatable bonds is 6. The molecular formula is C20H18BF3N2O7S. The molecule has 2 aromatic rings. The van der Waals surface area contributed by atoms with Gasteiger partial charge in [-0.05, 0) is 59.8 Å². The molecular weight excluding hydrogens is 480 g/mol. The maximum atomic E-state index is 13.2. The number of esters is 1. The number of hydrogen-bond donors (Lipinski definition) is 3. The van der Waals surface area contributed by atoms with Crippen molar-refractivity contribution in [3.05, 3.63) is 47.5 Å². The van der Waals surface area contributed by atoms with Crippen molar-refractivity contribution >= 4 is 45.9 Å². The minimum Gasteiger partial charge on any atom is -0.465 e. The van der Waals surface area contributed by atoms with Crippen LogP contribution in [0.1, 0.15) is 17.5 Å². The Kier molecular flexibility index (Phi) is 6.31. The van der Waals surface area contributed by atoms with Gasteiger partial charge < -0.3 is 19.7 Å². The smallest absolute Gasteiger partial charge is 0.465 e. The van der Waals surface area contributed by atoms with Gasteiger partial charge in [0.2, 0.25) is 0 Å². The lowest BCUT2D eigenvalue weighted by Crippen LogP contribution is -2.30. The van der Waals surface area contributed by atoms with E-state index < -0.39 is 41.1 Å². The van der Waals surface area contributed by atoms with Gasteiger partial charge in [-0.15, -0.1) is 0 Å². The number of hydrogen-bond acceptors (Lipinski definition) is 7. The van der Waals surface area contributed by atoms with Crippen LogP contribution in [-0.4, -0.2) is 45.2 Å². The van der Waals surface area contributed by atoms with Gasteiger partial charge in [-0.1, -0.05) is 6.07 Å². The lowest BCUT2D eigenvalue weighted by atomic mass is 9.79. The molecule has 2 aliphatic heterocycles. The van der Waals surface area contributed by atoms with E-state index in [-0.39, 0.29) is 41.5 Å². The van der Waals surface area contributed by atoms with E-state index in [1.54, 1.807) is 11.4 Å². The third-order valence-electron chi connectivity index (χ3n) is 5.44. The lowest BCUT2D eigenvalue weighted by molar-refractivity contribution is -0.167. The highest BCUT2D eigenvalue weighted by Gasteiger charge is 2.39. The van der Waals surface area contributed by atoms with Crippen LogP contribution in [0.4, 0.5) is 24.5 Å². The molecule has 1 atom stereocenters. The summed E-state index contributed by atoms with van der Waals surface area (Å²) in [5.74, 6) is -3.45. The fourth-order valence-corrected chi connectivity index (χ4v) is 5.04. The fraction of sp³-hybridized carbons (Fsp3) is 0.300. The number of alkyl halides is 3. The van der Waals surface area contributed by atoms with Crippen molar-refractivity contribution < 1.29 is 45.6 Å². The molecule has 14 heteroatoms. The van der Waals surface area contributed by atoms with Crippen LogP contribution in [0, 0.1) is 5.92 Å². The van der Waals surface area contributed by atoms with Crippen LogP contribution in [0.5, 0.6) is 0 Å². The standard InChI is InChI=1S/C20H18BF3N2O7S/c22-20(23,24)19(28)25-14-3-4-17(13(8-14)7-11-5-6-32-18(11)27)34(30,31)26-15-2-1-12-10-33-21(29)16(12)9-15/h1-4,8-9,11,26,29H,5-7,10H2,(H,25,28). The topological polar surface area (TPSA) is 131 Å². The zero-order chi connectivity index (χ0) is 24.7. The Morgan fingerprint density at radius 3 is 2.59 bits per heavy atom. The van der Waals surface area contributed by atoms with Crippen LogP contribution >= 0.6 is 0 Å². The average molecular weight is 498 g/mol. The molecule has 1 saturated heterocycles. The largest absolute Gasteiger partial charge is 0.491 e. The number of carbonyl (C=O) groups excluding carboxylic acids is 2. The summed E-state index contributed by atoms with van der Waals surface area (Å²) < 4.78 is 76.6. The molecule has 0 radical (unpaired) electrons. The summed E-state index contributed by atoms with van der Waals surface area (Å²) in [7, 11) is -5.47. The zero-order valence-corrected chi connectivity index (χ0v) is 18.2. The van der Waals surface area contributed by atoms with Crippen LogP contribution in [0.2, 0.25) is 0 Å². The average Bonchev–Trinajstić information content (AvgIpc) is 3.32. The molecule has 1 fully saturated rings. The van der Waals surface area contributed by atoms with Crippen molar-refractivity contribution in [1.82, 2.24) is 0 Å². The van der Waals surface area contributed by atoms with Crippen LogP contribution in [0.3, 0.4) is 0 Å². The van der Waals surface area contributed by atoms with Crippen LogP contribution in [0.15, 0.2) is 41.3 Å². The molecule has 2 heterocycles. The molecule has 2 aliphatic rings. The van der Waals surface area contributed by atoms with Crippen LogP contribution in [-0.2, 0) is 42.0 Å². The third-order valence-corrected chi connectivity index (χ3v) is 6.92. The van der Waals surface area contributed by atoms with Crippen molar-refractivity contribution in [2.24, 2.45) is 5.92 Å². The normalized spacial score (nSPS) is 17.9. The van der Waals surface area contributed by atoms with Crippen LogP contribution < -0.4 is 15.5 Å². The van der Waals surface area contributed by atoms with Gasteiger partial charge in [-0.2, -0.15) is 13.2 Å². The van der Waals surface area contributed by atoms with E-state index in [9.17, 15) is 36.2 Å². The Labute approximate surface area is 192 Å². The Morgan fingerprint density at radius 2 is 1.91 bits per heavy atom. The number of amides is 1. The number of cyclic esters (lactones) is 1. The highest BCUT2D eigenvalue weighted by molar-refractivity contribution is 7.92. The lowest BCUT2D eigenvalue weighted by Gasteiger charge is -2.16. The molecule has 1 unspecified atom stereocenters. The molecule has 0 saturated carbocycles. The van der Waals surface area contributed by atoms with E-state index in [1.807, 2.05) is 0 Å². The highest BCUT2D eigenvalue weighted by atomic mass is 32.2. The number of benzene rings is 2. The van der Waals surface area contributed by atoms with Crippen molar-refractivity contribution in [2.45, 2.75) is 30.5 Å². The molecule has 3 N–H and O–H groups in total. The number of sulfonamides is 1. The number of halogens is 3. The molecule has 34 heavy (non-hydrogen) atoms. The fourth-order valence-electron chi connectivity index (χ4n) is 3.76. The molecule has 0 bridgehead atoms. The van der Waals surface area contributed by atoms with E-state index in [1.165, 1.54) is 12.1 Å². The van der Waals surface area contributed by atoms with Gasteiger partial charge in [0.05, 0.1) is 24.0 Å². The first-order valence-electron chi connectivity index (χ1n) is 10.1. The van der Waals surface area contributed by atoms with E-state index in [0.717, 1.165) is 18.2 Å². The Hall–Kier alpha value is -3.10. The van der Waals surface area contributed by atoms with E-state index in [2.05, 4.69) is 4.72 Å². The SMILES string of the molecule is O=C1OCCC1Cc1cc(NC(=O)C(F)(F)F)ccc1S(=O)(=O)Nc1ccc2c(c1)B(O)OC2. The van der Waals surface area contributed by atoms with Gasteiger partial charge in [0.15, 0.2) is 0 Å². The van der Waals surface area contributed by atoms with Crippen molar-refractivity contribution in [3.63, 3.8) is 0 Å². The Morgan fingerprint density at radius 1 is 1.18 bits per heavy atom. The summed E-state index contributed by atoms with van der Waals surface area (Å²) in [5.41, 5.74) is 0.977. The van der Waals surface area contributed by atoms with Gasteiger partial charge in [0.25, 0.3) is 10.0 Å². The molecule has 1 amide bonds. The Balaban J connectivity index is 1.66. The van der Waals surface area contributed by atoms with E-state index in [0.29, 0.717) is 17.4 Å². The molecule has 0 spiro atoms. The maximum Gasteiger partial charge on any atom is 0.491 e. The first kappa shape index (κ1) is 24.0. The monoisotopic (exact) mass is 498 g/mol. The number of carbonyl (C=O) groups is 2. The maximum absolute atomic E-state index is 13.2. The molecule has 0 aliphatic carbocycles. The molecule has 0 aromatic heterocycles. The summed E-state index contributed by atoms with van der Waals surface area (Å²) >= 11 is 0. The highest BCUT2D eigenvalue weighted by Crippen LogP contribution is 2.29. The van der Waals surface area contributed by atoms with Crippen molar-refractivity contribution in [3.8, 4) is 0 Å². The molecule has 4 rings (SSSR count). The summed E-state index contributed by atoms with van der Waals surface area (Å²) in [6.45, 7) is 0.324. The van der Waals surface area contributed by atoms with Crippen molar-refractivity contribution in [2.75, 3.05) is 16.6 Å².